The molecule has 0 spiro atoms. The predicted molar refractivity (Wildman–Crippen MR) is 56.1 cm³/mol. The average Bonchev–Trinajstić information content (AvgIpc) is 2.63. The number of nitrogens with zero attached hydrogens (tertiary/aromatic N) is 2. The summed E-state index contributed by atoms with van der Waals surface area (Å²) >= 11 is 5.59. The molecule has 0 aliphatic rings. The van der Waals surface area contributed by atoms with Crippen molar-refractivity contribution in [3.8, 4) is 0 Å². The van der Waals surface area contributed by atoms with Gasteiger partial charge in [0.1, 0.15) is 0 Å². The highest BCUT2D eigenvalue weighted by atomic mass is 35.5. The van der Waals surface area contributed by atoms with Gasteiger partial charge in [-0.25, -0.2) is 8.42 Å². The van der Waals surface area contributed by atoms with Crippen molar-refractivity contribution >= 4 is 21.4 Å². The lowest BCUT2D eigenvalue weighted by Gasteiger charge is -2.00. The molecule has 0 N–H and O–H groups in total. The molecule has 0 unspecified atom stereocenters. The van der Waals surface area contributed by atoms with Gasteiger partial charge in [-0.15, -0.1) is 11.6 Å². The minimum Gasteiger partial charge on any atom is -0.271 e. The van der Waals surface area contributed by atoms with Crippen LogP contribution in [0, 0.1) is 0 Å². The Bertz CT molecular complexity index is 386. The lowest BCUT2D eigenvalue weighted by atomic mass is 10.4. The lowest BCUT2D eigenvalue weighted by molar-refractivity contribution is 0.581. The van der Waals surface area contributed by atoms with E-state index in [0.29, 0.717) is 12.4 Å². The molecular weight excluding hydrogens is 224 g/mol. The van der Waals surface area contributed by atoms with Gasteiger partial charge >= 0.3 is 0 Å². The fourth-order valence-corrected chi connectivity index (χ4v) is 1.87. The van der Waals surface area contributed by atoms with Gasteiger partial charge in [0.2, 0.25) is 0 Å². The van der Waals surface area contributed by atoms with Crippen molar-refractivity contribution in [3.63, 3.8) is 0 Å². The monoisotopic (exact) mass is 236 g/mol. The van der Waals surface area contributed by atoms with Crippen molar-refractivity contribution < 1.29 is 8.42 Å². The number of hydrogen-bond donors (Lipinski definition) is 0. The molecule has 1 aromatic heterocycles. The van der Waals surface area contributed by atoms with E-state index in [9.17, 15) is 8.42 Å². The Morgan fingerprint density at radius 3 is 2.79 bits per heavy atom. The maximum Gasteiger partial charge on any atom is 0.151 e. The van der Waals surface area contributed by atoms with Gasteiger partial charge in [-0.3, -0.25) is 4.68 Å². The fourth-order valence-electron chi connectivity index (χ4n) is 0.975. The Hall–Kier alpha value is -0.550. The minimum atomic E-state index is -2.91. The molecule has 0 aliphatic carbocycles. The molecular formula is C8H13ClN2O2S. The highest BCUT2D eigenvalue weighted by Gasteiger charge is 2.07. The first-order chi connectivity index (χ1) is 6.57. The van der Waals surface area contributed by atoms with Crippen LogP contribution < -0.4 is 0 Å². The number of halogens is 1. The quantitative estimate of drug-likeness (QED) is 0.719. The fraction of sp³-hybridized carbons (Fsp3) is 0.625. The van der Waals surface area contributed by atoms with Gasteiger partial charge < -0.3 is 0 Å². The molecule has 0 aromatic carbocycles. The zero-order valence-electron chi connectivity index (χ0n) is 7.98. The van der Waals surface area contributed by atoms with Crippen LogP contribution >= 0.6 is 11.6 Å². The second kappa shape index (κ2) is 4.79. The number of aryl methyl sites for hydroxylation is 1. The largest absolute Gasteiger partial charge is 0.271 e. The van der Waals surface area contributed by atoms with Crippen LogP contribution in [0.1, 0.15) is 12.5 Å². The summed E-state index contributed by atoms with van der Waals surface area (Å²) in [4.78, 5) is 0. The van der Waals surface area contributed by atoms with Crippen LogP contribution in [-0.4, -0.2) is 29.7 Å². The SMILES string of the molecule is CCS(=O)(=O)CCn1cc(CCl)cn1. The molecule has 0 amide bonds. The Labute approximate surface area is 88.8 Å². The molecule has 14 heavy (non-hydrogen) atoms. The summed E-state index contributed by atoms with van der Waals surface area (Å²) in [6.45, 7) is 2.04. The molecule has 6 heteroatoms. The van der Waals surface area contributed by atoms with Gasteiger partial charge in [0.15, 0.2) is 9.84 Å². The molecule has 1 heterocycles. The third-order valence-corrected chi connectivity index (χ3v) is 3.91. The lowest BCUT2D eigenvalue weighted by Crippen LogP contribution is -2.14. The number of sulfone groups is 1. The van der Waals surface area contributed by atoms with Gasteiger partial charge in [-0.2, -0.15) is 5.10 Å². The molecule has 0 fully saturated rings. The van der Waals surface area contributed by atoms with Gasteiger partial charge in [-0.1, -0.05) is 6.92 Å². The zero-order valence-corrected chi connectivity index (χ0v) is 9.55. The first-order valence-corrected chi connectivity index (χ1v) is 6.70. The van der Waals surface area contributed by atoms with Crippen molar-refractivity contribution in [1.82, 2.24) is 9.78 Å². The summed E-state index contributed by atoms with van der Waals surface area (Å²) in [5.74, 6) is 0.712. The van der Waals surface area contributed by atoms with Crippen LogP contribution in [0.4, 0.5) is 0 Å². The van der Waals surface area contributed by atoms with E-state index in [1.165, 1.54) is 0 Å². The van der Waals surface area contributed by atoms with E-state index in [1.54, 1.807) is 24.0 Å². The van der Waals surface area contributed by atoms with Crippen LogP contribution in [0.25, 0.3) is 0 Å². The standard InChI is InChI=1S/C8H13ClN2O2S/c1-2-14(12,13)4-3-11-7-8(5-9)6-10-11/h6-7H,2-5H2,1H3. The van der Waals surface area contributed by atoms with Gasteiger partial charge in [0, 0.05) is 17.5 Å². The molecule has 0 aliphatic heterocycles. The zero-order chi connectivity index (χ0) is 10.6. The van der Waals surface area contributed by atoms with Crippen molar-refractivity contribution in [2.45, 2.75) is 19.3 Å². The van der Waals surface area contributed by atoms with Gasteiger partial charge in [0.05, 0.1) is 24.4 Å². The first-order valence-electron chi connectivity index (χ1n) is 4.35. The second-order valence-electron chi connectivity index (χ2n) is 2.98. The predicted octanol–water partition coefficient (Wildman–Crippen LogP) is 1.06. The Kier molecular flexibility index (Phi) is 3.95. The molecule has 0 bridgehead atoms. The van der Waals surface area contributed by atoms with E-state index >= 15 is 0 Å². The highest BCUT2D eigenvalue weighted by Crippen LogP contribution is 2.02. The van der Waals surface area contributed by atoms with Crippen molar-refractivity contribution in [2.75, 3.05) is 11.5 Å². The summed E-state index contributed by atoms with van der Waals surface area (Å²) in [6.07, 6.45) is 3.41. The van der Waals surface area contributed by atoms with Crippen molar-refractivity contribution in [1.29, 1.82) is 0 Å². The van der Waals surface area contributed by atoms with Gasteiger partial charge in [0.25, 0.3) is 0 Å². The molecule has 80 valence electrons. The average molecular weight is 237 g/mol. The third-order valence-electron chi connectivity index (χ3n) is 1.91. The van der Waals surface area contributed by atoms with Crippen molar-refractivity contribution in [3.05, 3.63) is 18.0 Å². The summed E-state index contributed by atoms with van der Waals surface area (Å²) < 4.78 is 24.0. The molecule has 0 saturated heterocycles. The van der Waals surface area contributed by atoms with Crippen LogP contribution in [0.2, 0.25) is 0 Å². The van der Waals surface area contributed by atoms with Crippen LogP contribution in [0.3, 0.4) is 0 Å². The molecule has 0 atom stereocenters. The maximum atomic E-state index is 11.2. The number of aromatic nitrogens is 2. The smallest absolute Gasteiger partial charge is 0.151 e. The van der Waals surface area contributed by atoms with E-state index in [2.05, 4.69) is 5.10 Å². The summed E-state index contributed by atoms with van der Waals surface area (Å²) in [7, 11) is -2.91. The van der Waals surface area contributed by atoms with E-state index in [1.807, 2.05) is 0 Å². The van der Waals surface area contributed by atoms with E-state index in [4.69, 9.17) is 11.6 Å². The number of alkyl halides is 1. The van der Waals surface area contributed by atoms with Gasteiger partial charge in [-0.05, 0) is 0 Å². The molecule has 0 saturated carbocycles. The second-order valence-corrected chi connectivity index (χ2v) is 5.72. The van der Waals surface area contributed by atoms with E-state index in [-0.39, 0.29) is 11.5 Å². The normalized spacial score (nSPS) is 11.9. The molecule has 1 rings (SSSR count). The molecule has 0 radical (unpaired) electrons. The van der Waals surface area contributed by atoms with E-state index in [0.717, 1.165) is 5.56 Å². The van der Waals surface area contributed by atoms with Crippen LogP contribution in [0.5, 0.6) is 0 Å². The topological polar surface area (TPSA) is 52.0 Å². The Balaban J connectivity index is 2.54. The minimum absolute atomic E-state index is 0.132. The number of rotatable bonds is 5. The van der Waals surface area contributed by atoms with Crippen LogP contribution in [0.15, 0.2) is 12.4 Å². The highest BCUT2D eigenvalue weighted by molar-refractivity contribution is 7.91. The Morgan fingerprint density at radius 1 is 1.57 bits per heavy atom. The third kappa shape index (κ3) is 3.31. The van der Waals surface area contributed by atoms with Crippen LogP contribution in [-0.2, 0) is 22.3 Å². The van der Waals surface area contributed by atoms with E-state index < -0.39 is 9.84 Å². The summed E-state index contributed by atoms with van der Waals surface area (Å²) in [5.41, 5.74) is 0.903. The first kappa shape index (κ1) is 11.5. The maximum absolute atomic E-state index is 11.2. The van der Waals surface area contributed by atoms with Crippen molar-refractivity contribution in [2.24, 2.45) is 0 Å². The summed E-state index contributed by atoms with van der Waals surface area (Å²) in [6, 6.07) is 0. The molecule has 1 aromatic rings. The number of hydrogen-bond acceptors (Lipinski definition) is 3. The Morgan fingerprint density at radius 2 is 2.29 bits per heavy atom. The molecule has 4 nitrogen and oxygen atoms in total. The summed E-state index contributed by atoms with van der Waals surface area (Å²) in [5, 5.41) is 3.99.